The molecule has 56 valence electrons. The van der Waals surface area contributed by atoms with E-state index in [0.717, 1.165) is 0 Å². The van der Waals surface area contributed by atoms with Crippen LogP contribution in [0.2, 0.25) is 0 Å². The van der Waals surface area contributed by atoms with Gasteiger partial charge in [-0.25, -0.2) is 0 Å². The minimum Gasteiger partial charge on any atom is -0.289 e. The van der Waals surface area contributed by atoms with Gasteiger partial charge < -0.3 is 0 Å². The number of hydrogen-bond acceptors (Lipinski definition) is 2. The lowest BCUT2D eigenvalue weighted by atomic mass is 10.1. The number of hydrogen-bond donors (Lipinski definition) is 0. The zero-order chi connectivity index (χ0) is 8.27. The van der Waals surface area contributed by atoms with Gasteiger partial charge in [-0.1, -0.05) is 6.58 Å². The first-order chi connectivity index (χ1) is 5.22. The molecule has 1 heterocycles. The van der Waals surface area contributed by atoms with E-state index in [4.69, 9.17) is 0 Å². The van der Waals surface area contributed by atoms with E-state index in [9.17, 15) is 4.79 Å². The maximum Gasteiger partial charge on any atom is 0.189 e. The van der Waals surface area contributed by atoms with Gasteiger partial charge in [0.05, 0.1) is 0 Å². The summed E-state index contributed by atoms with van der Waals surface area (Å²) in [4.78, 5) is 15.0. The van der Waals surface area contributed by atoms with E-state index in [1.165, 1.54) is 6.20 Å². The monoisotopic (exact) mass is 147 g/mol. The second-order valence-electron chi connectivity index (χ2n) is 2.35. The molecule has 0 saturated heterocycles. The molecule has 0 fully saturated rings. The molecule has 1 aromatic heterocycles. The lowest BCUT2D eigenvalue weighted by Gasteiger charge is -1.96. The lowest BCUT2D eigenvalue weighted by molar-refractivity contribution is 0.103. The maximum absolute atomic E-state index is 11.2. The summed E-state index contributed by atoms with van der Waals surface area (Å²) < 4.78 is 0. The highest BCUT2D eigenvalue weighted by atomic mass is 16.1. The normalized spacial score (nSPS) is 9.18. The number of carbonyl (C=O) groups excluding carboxylic acids is 1. The van der Waals surface area contributed by atoms with E-state index in [0.29, 0.717) is 11.1 Å². The average molecular weight is 147 g/mol. The third kappa shape index (κ3) is 1.74. The summed E-state index contributed by atoms with van der Waals surface area (Å²) in [5, 5.41) is 0. The van der Waals surface area contributed by atoms with E-state index in [-0.39, 0.29) is 5.78 Å². The smallest absolute Gasteiger partial charge is 0.189 e. The third-order valence-electron chi connectivity index (χ3n) is 1.31. The van der Waals surface area contributed by atoms with Gasteiger partial charge >= 0.3 is 0 Å². The van der Waals surface area contributed by atoms with Crippen molar-refractivity contribution in [3.05, 3.63) is 42.2 Å². The molecule has 1 aromatic rings. The lowest BCUT2D eigenvalue weighted by Crippen LogP contribution is -1.98. The topological polar surface area (TPSA) is 30.0 Å². The Morgan fingerprint density at radius 1 is 1.64 bits per heavy atom. The molecule has 0 N–H and O–H groups in total. The molecule has 0 aromatic carbocycles. The molecule has 0 unspecified atom stereocenters. The van der Waals surface area contributed by atoms with Gasteiger partial charge in [-0.15, -0.1) is 0 Å². The summed E-state index contributed by atoms with van der Waals surface area (Å²) in [6.45, 7) is 5.24. The van der Waals surface area contributed by atoms with Crippen molar-refractivity contribution >= 4 is 5.78 Å². The minimum absolute atomic E-state index is 0.0434. The van der Waals surface area contributed by atoms with Crippen LogP contribution in [0, 0.1) is 0 Å². The van der Waals surface area contributed by atoms with Gasteiger partial charge in [-0.2, -0.15) is 0 Å². The first-order valence-corrected chi connectivity index (χ1v) is 3.32. The molecule has 0 aliphatic carbocycles. The van der Waals surface area contributed by atoms with Crippen molar-refractivity contribution in [2.75, 3.05) is 0 Å². The summed E-state index contributed by atoms with van der Waals surface area (Å²) in [5.41, 5.74) is 1.14. The molecule has 0 atom stereocenters. The van der Waals surface area contributed by atoms with Crippen LogP contribution in [0.15, 0.2) is 36.7 Å². The van der Waals surface area contributed by atoms with E-state index in [1.54, 1.807) is 25.3 Å². The molecule has 11 heavy (non-hydrogen) atoms. The zero-order valence-electron chi connectivity index (χ0n) is 6.37. The number of carbonyl (C=O) groups is 1. The number of aromatic nitrogens is 1. The van der Waals surface area contributed by atoms with Gasteiger partial charge in [0.15, 0.2) is 5.78 Å². The minimum atomic E-state index is -0.0434. The number of nitrogens with zero attached hydrogens (tertiary/aromatic N) is 1. The second-order valence-corrected chi connectivity index (χ2v) is 2.35. The van der Waals surface area contributed by atoms with Crippen molar-refractivity contribution in [3.63, 3.8) is 0 Å². The molecule has 0 spiro atoms. The summed E-state index contributed by atoms with van der Waals surface area (Å²) >= 11 is 0. The molecule has 0 aliphatic heterocycles. The average Bonchev–Trinajstić information content (AvgIpc) is 2.05. The van der Waals surface area contributed by atoms with Crippen LogP contribution in [0.25, 0.3) is 0 Å². The van der Waals surface area contributed by atoms with Crippen LogP contribution in [-0.2, 0) is 0 Å². The third-order valence-corrected chi connectivity index (χ3v) is 1.31. The highest BCUT2D eigenvalue weighted by molar-refractivity contribution is 6.07. The first-order valence-electron chi connectivity index (χ1n) is 3.32. The highest BCUT2D eigenvalue weighted by Crippen LogP contribution is 2.03. The molecule has 2 nitrogen and oxygen atoms in total. The van der Waals surface area contributed by atoms with Gasteiger partial charge in [-0.05, 0) is 24.6 Å². The molecular formula is C9H9NO. The van der Waals surface area contributed by atoms with Crippen LogP contribution >= 0.6 is 0 Å². The first kappa shape index (κ1) is 7.66. The number of allylic oxidation sites excluding steroid dienone is 1. The molecule has 0 aliphatic rings. The van der Waals surface area contributed by atoms with Gasteiger partial charge in [-0.3, -0.25) is 9.78 Å². The molecular weight excluding hydrogens is 138 g/mol. The number of ketones is 1. The molecule has 0 radical (unpaired) electrons. The summed E-state index contributed by atoms with van der Waals surface area (Å²) in [5.74, 6) is -0.0434. The van der Waals surface area contributed by atoms with E-state index in [2.05, 4.69) is 11.6 Å². The molecule has 1 rings (SSSR count). The highest BCUT2D eigenvalue weighted by Gasteiger charge is 2.03. The van der Waals surface area contributed by atoms with E-state index >= 15 is 0 Å². The number of pyridine rings is 1. The summed E-state index contributed by atoms with van der Waals surface area (Å²) in [6.07, 6.45) is 3.17. The molecule has 2 heteroatoms. The van der Waals surface area contributed by atoms with Crippen LogP contribution in [0.1, 0.15) is 17.3 Å². The maximum atomic E-state index is 11.2. The molecule has 0 saturated carbocycles. The van der Waals surface area contributed by atoms with Crippen molar-refractivity contribution in [2.24, 2.45) is 0 Å². The van der Waals surface area contributed by atoms with Gasteiger partial charge in [0.25, 0.3) is 0 Å². The quantitative estimate of drug-likeness (QED) is 0.472. The Morgan fingerprint density at radius 2 is 2.36 bits per heavy atom. The largest absolute Gasteiger partial charge is 0.289 e. The summed E-state index contributed by atoms with van der Waals surface area (Å²) in [6, 6.07) is 3.46. The fourth-order valence-corrected chi connectivity index (χ4v) is 0.743. The SMILES string of the molecule is C=C(C)C(=O)c1cccnc1. The fourth-order valence-electron chi connectivity index (χ4n) is 0.743. The Labute approximate surface area is 65.6 Å². The van der Waals surface area contributed by atoms with Crippen LogP contribution in [0.3, 0.4) is 0 Å². The number of Topliss-reactive ketones (excluding diaryl/α,β-unsaturated/α-hetero) is 1. The fraction of sp³-hybridized carbons (Fsp3) is 0.111. The summed E-state index contributed by atoms with van der Waals surface area (Å²) in [7, 11) is 0. The number of rotatable bonds is 2. The predicted octanol–water partition coefficient (Wildman–Crippen LogP) is 1.84. The Balaban J connectivity index is 2.95. The molecule has 0 amide bonds. The van der Waals surface area contributed by atoms with Crippen molar-refractivity contribution in [2.45, 2.75) is 6.92 Å². The Morgan fingerprint density at radius 3 is 2.82 bits per heavy atom. The van der Waals surface area contributed by atoms with Crippen LogP contribution in [0.5, 0.6) is 0 Å². The predicted molar refractivity (Wildman–Crippen MR) is 43.4 cm³/mol. The molecule has 0 bridgehead atoms. The van der Waals surface area contributed by atoms with Crippen molar-refractivity contribution < 1.29 is 4.79 Å². The van der Waals surface area contributed by atoms with Gasteiger partial charge in [0.2, 0.25) is 0 Å². The van der Waals surface area contributed by atoms with Crippen molar-refractivity contribution in [3.8, 4) is 0 Å². The van der Waals surface area contributed by atoms with Crippen molar-refractivity contribution in [1.82, 2.24) is 4.98 Å². The Kier molecular flexibility index (Phi) is 2.16. The standard InChI is InChI=1S/C9H9NO/c1-7(2)9(11)8-4-3-5-10-6-8/h3-6H,1H2,2H3. The van der Waals surface area contributed by atoms with E-state index in [1.807, 2.05) is 0 Å². The zero-order valence-corrected chi connectivity index (χ0v) is 6.37. The van der Waals surface area contributed by atoms with Gasteiger partial charge in [0, 0.05) is 18.0 Å². The van der Waals surface area contributed by atoms with Crippen LogP contribution < -0.4 is 0 Å². The Bertz CT molecular complexity index is 277. The van der Waals surface area contributed by atoms with Crippen molar-refractivity contribution in [1.29, 1.82) is 0 Å². The van der Waals surface area contributed by atoms with Crippen LogP contribution in [0.4, 0.5) is 0 Å². The van der Waals surface area contributed by atoms with Gasteiger partial charge in [0.1, 0.15) is 0 Å². The van der Waals surface area contributed by atoms with Crippen LogP contribution in [-0.4, -0.2) is 10.8 Å². The second kappa shape index (κ2) is 3.10. The Hall–Kier alpha value is -1.44. The van der Waals surface area contributed by atoms with E-state index < -0.39 is 0 Å².